The smallest absolute Gasteiger partial charge is 0.260 e. The lowest BCUT2D eigenvalue weighted by molar-refractivity contribution is 0.0376. The van der Waals surface area contributed by atoms with Crippen molar-refractivity contribution in [3.8, 4) is 0 Å². The lowest BCUT2D eigenvalue weighted by Gasteiger charge is -2.28. The lowest BCUT2D eigenvalue weighted by atomic mass is 9.90. The molecule has 174 valence electrons. The van der Waals surface area contributed by atoms with E-state index in [-0.39, 0.29) is 5.91 Å². The minimum absolute atomic E-state index is 0.0717. The van der Waals surface area contributed by atoms with Crippen molar-refractivity contribution in [2.75, 3.05) is 44.3 Å². The van der Waals surface area contributed by atoms with Gasteiger partial charge in [0, 0.05) is 31.7 Å². The van der Waals surface area contributed by atoms with Gasteiger partial charge in [0.2, 0.25) is 0 Å². The summed E-state index contributed by atoms with van der Waals surface area (Å²) in [6.07, 6.45) is 6.54. The maximum absolute atomic E-state index is 13.8. The molecule has 0 radical (unpaired) electrons. The van der Waals surface area contributed by atoms with Crippen LogP contribution in [-0.2, 0) is 24.0 Å². The Morgan fingerprint density at radius 1 is 1.12 bits per heavy atom. The third kappa shape index (κ3) is 4.98. The van der Waals surface area contributed by atoms with Crippen molar-refractivity contribution in [3.63, 3.8) is 0 Å². The van der Waals surface area contributed by atoms with E-state index in [0.717, 1.165) is 79.4 Å². The maximum Gasteiger partial charge on any atom is 0.260 e. The first kappa shape index (κ1) is 22.5. The van der Waals surface area contributed by atoms with E-state index in [9.17, 15) is 4.79 Å². The van der Waals surface area contributed by atoms with Crippen molar-refractivity contribution in [3.05, 3.63) is 58.7 Å². The predicted molar refractivity (Wildman–Crippen MR) is 136 cm³/mol. The summed E-state index contributed by atoms with van der Waals surface area (Å²) in [7, 11) is 0. The van der Waals surface area contributed by atoms with E-state index in [0.29, 0.717) is 6.54 Å². The average Bonchev–Trinajstić information content (AvgIpc) is 3.30. The van der Waals surface area contributed by atoms with Crippen LogP contribution >= 0.6 is 11.3 Å². The molecule has 0 unspecified atom stereocenters. The van der Waals surface area contributed by atoms with Gasteiger partial charge in [-0.2, -0.15) is 0 Å². The van der Waals surface area contributed by atoms with E-state index in [1.54, 1.807) is 11.3 Å². The van der Waals surface area contributed by atoms with Gasteiger partial charge < -0.3 is 4.74 Å². The number of carbonyl (C=O) groups excluding carboxylic acids is 1. The van der Waals surface area contributed by atoms with Crippen LogP contribution in [0.5, 0.6) is 0 Å². The van der Waals surface area contributed by atoms with Crippen molar-refractivity contribution in [2.24, 2.45) is 0 Å². The van der Waals surface area contributed by atoms with E-state index in [1.165, 1.54) is 29.5 Å². The fourth-order valence-corrected chi connectivity index (χ4v) is 6.02. The molecule has 0 saturated carbocycles. The molecule has 1 aliphatic carbocycles. The van der Waals surface area contributed by atoms with Crippen LogP contribution in [0.1, 0.15) is 53.2 Å². The van der Waals surface area contributed by atoms with Crippen molar-refractivity contribution in [1.82, 2.24) is 9.88 Å². The van der Waals surface area contributed by atoms with Crippen LogP contribution < -0.4 is 4.90 Å². The number of amides is 1. The van der Waals surface area contributed by atoms with E-state index in [2.05, 4.69) is 42.2 Å². The van der Waals surface area contributed by atoms with Crippen LogP contribution in [0.4, 0.5) is 5.13 Å². The summed E-state index contributed by atoms with van der Waals surface area (Å²) in [6.45, 7) is 7.35. The quantitative estimate of drug-likeness (QED) is 0.489. The highest BCUT2D eigenvalue weighted by molar-refractivity contribution is 7.22. The van der Waals surface area contributed by atoms with Crippen LogP contribution in [-0.4, -0.2) is 55.2 Å². The highest BCUT2D eigenvalue weighted by Crippen LogP contribution is 2.32. The van der Waals surface area contributed by atoms with Crippen LogP contribution in [0.25, 0.3) is 10.2 Å². The SMILES string of the molecule is CCc1cccc2sc(N(CCCN3CCOCC3)C(=O)c3ccc4c(c3)CCCC4)nc12. The van der Waals surface area contributed by atoms with Crippen LogP contribution in [0.15, 0.2) is 36.4 Å². The van der Waals surface area contributed by atoms with E-state index in [1.807, 2.05) is 11.0 Å². The fourth-order valence-electron chi connectivity index (χ4n) is 4.98. The highest BCUT2D eigenvalue weighted by Gasteiger charge is 2.23. The molecule has 1 aliphatic heterocycles. The first-order valence-corrected chi connectivity index (χ1v) is 13.2. The lowest BCUT2D eigenvalue weighted by Crippen LogP contribution is -2.39. The molecule has 1 amide bonds. The first-order valence-electron chi connectivity index (χ1n) is 12.3. The minimum Gasteiger partial charge on any atom is -0.379 e. The molecular formula is C27H33N3O2S. The fraction of sp³-hybridized carbons (Fsp3) is 0.481. The summed E-state index contributed by atoms with van der Waals surface area (Å²) in [6, 6.07) is 12.7. The predicted octanol–water partition coefficient (Wildman–Crippen LogP) is 5.11. The molecule has 0 atom stereocenters. The monoisotopic (exact) mass is 463 g/mol. The van der Waals surface area contributed by atoms with Gasteiger partial charge in [0.15, 0.2) is 5.13 Å². The molecule has 3 aromatic rings. The van der Waals surface area contributed by atoms with Gasteiger partial charge in [0.25, 0.3) is 5.91 Å². The Hall–Kier alpha value is -2.28. The topological polar surface area (TPSA) is 45.7 Å². The molecular weight excluding hydrogens is 430 g/mol. The average molecular weight is 464 g/mol. The number of morpholine rings is 1. The Balaban J connectivity index is 1.42. The van der Waals surface area contributed by atoms with Crippen LogP contribution in [0.3, 0.4) is 0 Å². The summed E-state index contributed by atoms with van der Waals surface area (Å²) < 4.78 is 6.63. The summed E-state index contributed by atoms with van der Waals surface area (Å²) in [5.74, 6) is 0.0717. The molecule has 2 heterocycles. The number of aryl methyl sites for hydroxylation is 3. The molecule has 1 fully saturated rings. The molecule has 5 rings (SSSR count). The van der Waals surface area contributed by atoms with Gasteiger partial charge in [-0.25, -0.2) is 4.98 Å². The van der Waals surface area contributed by atoms with E-state index < -0.39 is 0 Å². The molecule has 0 spiro atoms. The third-order valence-electron chi connectivity index (χ3n) is 6.90. The van der Waals surface area contributed by atoms with E-state index in [4.69, 9.17) is 9.72 Å². The van der Waals surface area contributed by atoms with Gasteiger partial charge in [-0.1, -0.05) is 36.5 Å². The number of para-hydroxylation sites is 1. The zero-order valence-corrected chi connectivity index (χ0v) is 20.3. The number of aromatic nitrogens is 1. The molecule has 6 heteroatoms. The highest BCUT2D eigenvalue weighted by atomic mass is 32.1. The zero-order valence-electron chi connectivity index (χ0n) is 19.5. The van der Waals surface area contributed by atoms with Gasteiger partial charge in [-0.15, -0.1) is 0 Å². The molecule has 2 aromatic carbocycles. The standard InChI is InChI=1S/C27H33N3O2S/c1-2-20-9-5-10-24-25(20)28-27(33-24)30(14-6-13-29-15-17-32-18-16-29)26(31)23-12-11-21-7-3-4-8-22(21)19-23/h5,9-12,19H,2-4,6-8,13-18H2,1H3. The number of carbonyl (C=O) groups is 1. The minimum atomic E-state index is 0.0717. The Morgan fingerprint density at radius 3 is 2.76 bits per heavy atom. The Bertz CT molecular complexity index is 1120. The summed E-state index contributed by atoms with van der Waals surface area (Å²) in [5, 5.41) is 0.815. The molecule has 1 aromatic heterocycles. The maximum atomic E-state index is 13.8. The van der Waals surface area contributed by atoms with Gasteiger partial charge in [0.05, 0.1) is 23.4 Å². The van der Waals surface area contributed by atoms with Crippen molar-refractivity contribution in [2.45, 2.75) is 45.4 Å². The molecule has 5 nitrogen and oxygen atoms in total. The number of anilines is 1. The second-order valence-corrected chi connectivity index (χ2v) is 10.1. The molecule has 0 N–H and O–H groups in total. The Labute approximate surface area is 200 Å². The summed E-state index contributed by atoms with van der Waals surface area (Å²) >= 11 is 1.63. The van der Waals surface area contributed by atoms with Gasteiger partial charge in [-0.05, 0) is 73.4 Å². The van der Waals surface area contributed by atoms with Crippen molar-refractivity contribution in [1.29, 1.82) is 0 Å². The number of ether oxygens (including phenoxy) is 1. The number of thiazole rings is 1. The molecule has 33 heavy (non-hydrogen) atoms. The summed E-state index contributed by atoms with van der Waals surface area (Å²) in [5.41, 5.74) is 5.82. The second-order valence-electron chi connectivity index (χ2n) is 9.07. The van der Waals surface area contributed by atoms with Gasteiger partial charge in [0.1, 0.15) is 0 Å². The largest absolute Gasteiger partial charge is 0.379 e. The van der Waals surface area contributed by atoms with Gasteiger partial charge >= 0.3 is 0 Å². The number of hydrogen-bond acceptors (Lipinski definition) is 5. The number of nitrogens with zero attached hydrogens (tertiary/aromatic N) is 3. The first-order chi connectivity index (χ1) is 16.2. The molecule has 0 bridgehead atoms. The van der Waals surface area contributed by atoms with Gasteiger partial charge in [-0.3, -0.25) is 14.6 Å². The van der Waals surface area contributed by atoms with Crippen molar-refractivity contribution < 1.29 is 9.53 Å². The Morgan fingerprint density at radius 2 is 1.94 bits per heavy atom. The Kier molecular flexibility index (Phi) is 7.04. The van der Waals surface area contributed by atoms with E-state index >= 15 is 0 Å². The zero-order chi connectivity index (χ0) is 22.6. The number of benzene rings is 2. The van der Waals surface area contributed by atoms with Crippen LogP contribution in [0.2, 0.25) is 0 Å². The number of rotatable bonds is 7. The van der Waals surface area contributed by atoms with Crippen LogP contribution in [0, 0.1) is 0 Å². The second kappa shape index (κ2) is 10.3. The molecule has 2 aliphatic rings. The molecule has 1 saturated heterocycles. The number of fused-ring (bicyclic) bond motifs is 2. The third-order valence-corrected chi connectivity index (χ3v) is 7.95. The normalized spacial score (nSPS) is 16.6. The summed E-state index contributed by atoms with van der Waals surface area (Å²) in [4.78, 5) is 23.1. The number of hydrogen-bond donors (Lipinski definition) is 0. The van der Waals surface area contributed by atoms with Crippen molar-refractivity contribution >= 4 is 32.6 Å².